The lowest BCUT2D eigenvalue weighted by molar-refractivity contribution is -0.142. The quantitative estimate of drug-likeness (QED) is 0.743. The molecule has 4 heteroatoms. The molecule has 0 saturated carbocycles. The molecule has 0 fully saturated rings. The van der Waals surface area contributed by atoms with Crippen molar-refractivity contribution in [1.29, 1.82) is 0 Å². The zero-order valence-electron chi connectivity index (χ0n) is 9.32. The van der Waals surface area contributed by atoms with Gasteiger partial charge in [-0.1, -0.05) is 6.07 Å². The standard InChI is InChI=1S/C12H13NO3/c1-3-15-12(14)7-9-4-5-10-11(6-9)16-8(2)13-10/h4-6H,3,7H2,1-2H3. The number of carbonyl (C=O) groups excluding carboxylic acids is 1. The lowest BCUT2D eigenvalue weighted by Gasteiger charge is -2.01. The van der Waals surface area contributed by atoms with Crippen LogP contribution in [0, 0.1) is 6.92 Å². The second kappa shape index (κ2) is 4.35. The normalized spacial score (nSPS) is 10.6. The van der Waals surface area contributed by atoms with Crippen LogP contribution in [0.3, 0.4) is 0 Å². The van der Waals surface area contributed by atoms with Crippen molar-refractivity contribution in [2.24, 2.45) is 0 Å². The molecule has 0 unspecified atom stereocenters. The van der Waals surface area contributed by atoms with E-state index in [9.17, 15) is 4.79 Å². The molecule has 0 bridgehead atoms. The number of nitrogens with zero attached hydrogens (tertiary/aromatic N) is 1. The van der Waals surface area contributed by atoms with E-state index in [1.54, 1.807) is 13.8 Å². The lowest BCUT2D eigenvalue weighted by Crippen LogP contribution is -2.07. The van der Waals surface area contributed by atoms with Gasteiger partial charge in [0.15, 0.2) is 11.5 Å². The number of carbonyl (C=O) groups is 1. The number of oxazole rings is 1. The zero-order valence-corrected chi connectivity index (χ0v) is 9.32. The summed E-state index contributed by atoms with van der Waals surface area (Å²) in [6.45, 7) is 3.99. The van der Waals surface area contributed by atoms with Crippen LogP contribution < -0.4 is 0 Å². The summed E-state index contributed by atoms with van der Waals surface area (Å²) < 4.78 is 10.3. The molecule has 4 nitrogen and oxygen atoms in total. The molecule has 2 rings (SSSR count). The Hall–Kier alpha value is -1.84. The van der Waals surface area contributed by atoms with Crippen LogP contribution in [-0.2, 0) is 16.0 Å². The fourth-order valence-electron chi connectivity index (χ4n) is 1.57. The van der Waals surface area contributed by atoms with Gasteiger partial charge < -0.3 is 9.15 Å². The van der Waals surface area contributed by atoms with Gasteiger partial charge in [0.1, 0.15) is 5.52 Å². The van der Waals surface area contributed by atoms with Crippen LogP contribution in [0.2, 0.25) is 0 Å². The van der Waals surface area contributed by atoms with Gasteiger partial charge in [-0.2, -0.15) is 0 Å². The number of ether oxygens (including phenoxy) is 1. The van der Waals surface area contributed by atoms with Gasteiger partial charge in [-0.25, -0.2) is 4.98 Å². The fourth-order valence-corrected chi connectivity index (χ4v) is 1.57. The predicted octanol–water partition coefficient (Wildman–Crippen LogP) is 2.24. The number of benzene rings is 1. The Bertz CT molecular complexity index is 516. The van der Waals surface area contributed by atoms with Gasteiger partial charge in [0.05, 0.1) is 13.0 Å². The van der Waals surface area contributed by atoms with E-state index < -0.39 is 0 Å². The first kappa shape index (κ1) is 10.7. The van der Waals surface area contributed by atoms with E-state index in [1.165, 1.54) is 0 Å². The summed E-state index contributed by atoms with van der Waals surface area (Å²) in [6.07, 6.45) is 0.267. The van der Waals surface area contributed by atoms with Crippen molar-refractivity contribution in [1.82, 2.24) is 4.98 Å². The van der Waals surface area contributed by atoms with E-state index >= 15 is 0 Å². The van der Waals surface area contributed by atoms with Crippen LogP contribution in [0.25, 0.3) is 11.1 Å². The molecule has 0 N–H and O–H groups in total. The molecule has 0 amide bonds. The fraction of sp³-hybridized carbons (Fsp3) is 0.333. The van der Waals surface area contributed by atoms with Crippen molar-refractivity contribution >= 4 is 17.1 Å². The minimum Gasteiger partial charge on any atom is -0.466 e. The number of hydrogen-bond donors (Lipinski definition) is 0. The first-order valence-electron chi connectivity index (χ1n) is 5.20. The van der Waals surface area contributed by atoms with Crippen LogP contribution in [0.4, 0.5) is 0 Å². The maximum absolute atomic E-state index is 11.3. The second-order valence-electron chi connectivity index (χ2n) is 3.52. The van der Waals surface area contributed by atoms with Crippen LogP contribution in [0.15, 0.2) is 22.6 Å². The highest BCUT2D eigenvalue weighted by Gasteiger charge is 2.07. The molecule has 0 spiro atoms. The van der Waals surface area contributed by atoms with Gasteiger partial charge in [-0.3, -0.25) is 4.79 Å². The molecular weight excluding hydrogens is 206 g/mol. The summed E-state index contributed by atoms with van der Waals surface area (Å²) in [5.74, 6) is 0.404. The molecule has 0 aliphatic heterocycles. The van der Waals surface area contributed by atoms with E-state index in [1.807, 2.05) is 18.2 Å². The van der Waals surface area contributed by atoms with E-state index in [0.29, 0.717) is 18.1 Å². The molecule has 0 aliphatic carbocycles. The van der Waals surface area contributed by atoms with Gasteiger partial charge in [-0.05, 0) is 24.6 Å². The molecule has 0 aliphatic rings. The number of aromatic nitrogens is 1. The second-order valence-corrected chi connectivity index (χ2v) is 3.52. The largest absolute Gasteiger partial charge is 0.466 e. The summed E-state index contributed by atoms with van der Waals surface area (Å²) in [4.78, 5) is 15.5. The molecule has 16 heavy (non-hydrogen) atoms. The van der Waals surface area contributed by atoms with Gasteiger partial charge in [0.25, 0.3) is 0 Å². The van der Waals surface area contributed by atoms with Crippen LogP contribution in [0.1, 0.15) is 18.4 Å². The summed E-state index contributed by atoms with van der Waals surface area (Å²) in [5.41, 5.74) is 2.39. The highest BCUT2D eigenvalue weighted by molar-refractivity contribution is 5.77. The molecule has 84 valence electrons. The lowest BCUT2D eigenvalue weighted by atomic mass is 10.1. The highest BCUT2D eigenvalue weighted by atomic mass is 16.5. The Labute approximate surface area is 93.2 Å². The van der Waals surface area contributed by atoms with Crippen molar-refractivity contribution in [3.63, 3.8) is 0 Å². The van der Waals surface area contributed by atoms with Crippen molar-refractivity contribution in [2.75, 3.05) is 6.61 Å². The highest BCUT2D eigenvalue weighted by Crippen LogP contribution is 2.17. The number of hydrogen-bond acceptors (Lipinski definition) is 4. The number of rotatable bonds is 3. The number of esters is 1. The van der Waals surface area contributed by atoms with Crippen molar-refractivity contribution < 1.29 is 13.9 Å². The monoisotopic (exact) mass is 219 g/mol. The van der Waals surface area contributed by atoms with E-state index in [-0.39, 0.29) is 12.4 Å². The summed E-state index contributed by atoms with van der Waals surface area (Å²) in [5, 5.41) is 0. The van der Waals surface area contributed by atoms with Gasteiger partial charge in [0.2, 0.25) is 0 Å². The van der Waals surface area contributed by atoms with E-state index in [2.05, 4.69) is 4.98 Å². The third-order valence-electron chi connectivity index (χ3n) is 2.21. The molecule has 1 aromatic heterocycles. The summed E-state index contributed by atoms with van der Waals surface area (Å²) >= 11 is 0. The topological polar surface area (TPSA) is 52.3 Å². The summed E-state index contributed by atoms with van der Waals surface area (Å²) in [6, 6.07) is 5.54. The Morgan fingerprint density at radius 2 is 2.31 bits per heavy atom. The molecule has 1 aromatic carbocycles. The van der Waals surface area contributed by atoms with Crippen molar-refractivity contribution in [3.05, 3.63) is 29.7 Å². The maximum Gasteiger partial charge on any atom is 0.310 e. The van der Waals surface area contributed by atoms with Crippen LogP contribution >= 0.6 is 0 Å². The molecular formula is C12H13NO3. The number of aryl methyl sites for hydroxylation is 1. The third kappa shape index (κ3) is 2.21. The molecule has 2 aromatic rings. The Kier molecular flexibility index (Phi) is 2.90. The van der Waals surface area contributed by atoms with Crippen LogP contribution in [-0.4, -0.2) is 17.6 Å². The maximum atomic E-state index is 11.3. The van der Waals surface area contributed by atoms with Gasteiger partial charge in [0, 0.05) is 6.92 Å². The Morgan fingerprint density at radius 3 is 3.06 bits per heavy atom. The van der Waals surface area contributed by atoms with Crippen LogP contribution in [0.5, 0.6) is 0 Å². The van der Waals surface area contributed by atoms with Crippen molar-refractivity contribution in [3.8, 4) is 0 Å². The smallest absolute Gasteiger partial charge is 0.310 e. The SMILES string of the molecule is CCOC(=O)Cc1ccc2nc(C)oc2c1. The predicted molar refractivity (Wildman–Crippen MR) is 59.1 cm³/mol. The minimum absolute atomic E-state index is 0.224. The zero-order chi connectivity index (χ0) is 11.5. The Morgan fingerprint density at radius 1 is 1.50 bits per heavy atom. The first-order valence-corrected chi connectivity index (χ1v) is 5.20. The molecule has 0 saturated heterocycles. The van der Waals surface area contributed by atoms with E-state index in [0.717, 1.165) is 11.1 Å². The average Bonchev–Trinajstić information content (AvgIpc) is 2.57. The summed E-state index contributed by atoms with van der Waals surface area (Å²) in [7, 11) is 0. The van der Waals surface area contributed by atoms with Crippen molar-refractivity contribution in [2.45, 2.75) is 20.3 Å². The average molecular weight is 219 g/mol. The Balaban J connectivity index is 2.22. The third-order valence-corrected chi connectivity index (χ3v) is 2.21. The molecule has 0 radical (unpaired) electrons. The van der Waals surface area contributed by atoms with Gasteiger partial charge in [-0.15, -0.1) is 0 Å². The molecule has 1 heterocycles. The van der Waals surface area contributed by atoms with E-state index in [4.69, 9.17) is 9.15 Å². The molecule has 0 atom stereocenters. The van der Waals surface area contributed by atoms with Gasteiger partial charge >= 0.3 is 5.97 Å². The first-order chi connectivity index (χ1) is 7.69. The number of fused-ring (bicyclic) bond motifs is 1. The minimum atomic E-state index is -0.224.